The lowest BCUT2D eigenvalue weighted by atomic mass is 10.2. The molecule has 0 spiro atoms. The zero-order chi connectivity index (χ0) is 16.9. The molecule has 0 unspecified atom stereocenters. The van der Waals surface area contributed by atoms with Gasteiger partial charge in [-0.3, -0.25) is 0 Å². The molecule has 1 aromatic carbocycles. The van der Waals surface area contributed by atoms with E-state index in [0.717, 1.165) is 42.7 Å². The Bertz CT molecular complexity index is 478. The van der Waals surface area contributed by atoms with E-state index in [1.54, 1.807) is 7.11 Å². The van der Waals surface area contributed by atoms with Gasteiger partial charge >= 0.3 is 0 Å². The fraction of sp³-hybridized carbons (Fsp3) is 0.588. The molecule has 0 aliphatic rings. The smallest absolute Gasteiger partial charge is 0.191 e. The van der Waals surface area contributed by atoms with Crippen molar-refractivity contribution in [2.45, 2.75) is 27.3 Å². The molecule has 0 aliphatic heterocycles. The van der Waals surface area contributed by atoms with Gasteiger partial charge < -0.3 is 24.8 Å². The lowest BCUT2D eigenvalue weighted by Crippen LogP contribution is -2.39. The number of rotatable bonds is 10. The van der Waals surface area contributed by atoms with Crippen LogP contribution >= 0.6 is 0 Å². The van der Waals surface area contributed by atoms with Gasteiger partial charge in [0.25, 0.3) is 0 Å². The maximum absolute atomic E-state index is 5.59. The Labute approximate surface area is 139 Å². The highest BCUT2D eigenvalue weighted by Gasteiger charge is 2.05. The first kappa shape index (κ1) is 19.1. The van der Waals surface area contributed by atoms with Crippen LogP contribution in [0.2, 0.25) is 0 Å². The molecular weight excluding hydrogens is 294 g/mol. The summed E-state index contributed by atoms with van der Waals surface area (Å²) in [6.07, 6.45) is 0. The van der Waals surface area contributed by atoms with Gasteiger partial charge in [0.05, 0.1) is 26.9 Å². The maximum Gasteiger partial charge on any atom is 0.191 e. The zero-order valence-electron chi connectivity index (χ0n) is 14.6. The summed E-state index contributed by atoms with van der Waals surface area (Å²) < 4.78 is 16.2. The highest BCUT2D eigenvalue weighted by atomic mass is 16.5. The van der Waals surface area contributed by atoms with Gasteiger partial charge in [-0.1, -0.05) is 6.07 Å². The topological polar surface area (TPSA) is 64.1 Å². The van der Waals surface area contributed by atoms with Crippen LogP contribution < -0.4 is 20.1 Å². The number of aliphatic imine (C=N–C) groups is 1. The number of ether oxygens (including phenoxy) is 3. The summed E-state index contributed by atoms with van der Waals surface area (Å²) in [7, 11) is 1.64. The minimum absolute atomic E-state index is 0.564. The average Bonchev–Trinajstić information content (AvgIpc) is 2.57. The van der Waals surface area contributed by atoms with E-state index in [1.807, 2.05) is 39.0 Å². The number of hydrogen-bond donors (Lipinski definition) is 2. The number of guanidine groups is 1. The normalized spacial score (nSPS) is 11.2. The van der Waals surface area contributed by atoms with E-state index >= 15 is 0 Å². The summed E-state index contributed by atoms with van der Waals surface area (Å²) in [6.45, 7) is 10.1. The second-order valence-electron chi connectivity index (χ2n) is 4.74. The SMILES string of the molecule is CCNC(=NCc1ccc(OC)c(OCC)c1)NCCOCC. The van der Waals surface area contributed by atoms with E-state index in [2.05, 4.69) is 15.6 Å². The number of hydrogen-bond acceptors (Lipinski definition) is 4. The molecule has 1 aromatic rings. The molecule has 0 aliphatic carbocycles. The van der Waals surface area contributed by atoms with Crippen LogP contribution in [0.3, 0.4) is 0 Å². The third kappa shape index (κ3) is 7.23. The molecule has 0 fully saturated rings. The van der Waals surface area contributed by atoms with Crippen molar-refractivity contribution in [2.75, 3.05) is 40.0 Å². The lowest BCUT2D eigenvalue weighted by molar-refractivity contribution is 0.152. The second-order valence-corrected chi connectivity index (χ2v) is 4.74. The van der Waals surface area contributed by atoms with E-state index in [4.69, 9.17) is 14.2 Å². The summed E-state index contributed by atoms with van der Waals surface area (Å²) in [5.74, 6) is 2.26. The first-order valence-electron chi connectivity index (χ1n) is 8.14. The molecule has 0 atom stereocenters. The van der Waals surface area contributed by atoms with E-state index in [9.17, 15) is 0 Å². The average molecular weight is 323 g/mol. The predicted molar refractivity (Wildman–Crippen MR) is 93.5 cm³/mol. The van der Waals surface area contributed by atoms with Gasteiger partial charge in [-0.25, -0.2) is 4.99 Å². The number of nitrogens with one attached hydrogen (secondary N) is 2. The van der Waals surface area contributed by atoms with Crippen LogP contribution in [0.4, 0.5) is 0 Å². The van der Waals surface area contributed by atoms with Gasteiger partial charge in [0.15, 0.2) is 17.5 Å². The van der Waals surface area contributed by atoms with Gasteiger partial charge in [-0.15, -0.1) is 0 Å². The predicted octanol–water partition coefficient (Wildman–Crippen LogP) is 2.19. The molecule has 6 heteroatoms. The Hall–Kier alpha value is -1.95. The van der Waals surface area contributed by atoms with Crippen LogP contribution in [0.25, 0.3) is 0 Å². The Kier molecular flexibility index (Phi) is 9.63. The number of methoxy groups -OCH3 is 1. The molecule has 0 bridgehead atoms. The van der Waals surface area contributed by atoms with Crippen LogP contribution in [0.1, 0.15) is 26.3 Å². The second kappa shape index (κ2) is 11.6. The molecule has 0 aromatic heterocycles. The fourth-order valence-electron chi connectivity index (χ4n) is 1.99. The van der Waals surface area contributed by atoms with Crippen molar-refractivity contribution in [3.63, 3.8) is 0 Å². The standard InChI is InChI=1S/C17H29N3O3/c1-5-18-17(19-10-11-22-6-2)20-13-14-8-9-15(21-4)16(12-14)23-7-3/h8-9,12H,5-7,10-11,13H2,1-4H3,(H2,18,19,20). The highest BCUT2D eigenvalue weighted by Crippen LogP contribution is 2.28. The van der Waals surface area contributed by atoms with E-state index in [-0.39, 0.29) is 0 Å². The van der Waals surface area contributed by atoms with Gasteiger partial charge in [0, 0.05) is 19.7 Å². The summed E-state index contributed by atoms with van der Waals surface area (Å²) in [6, 6.07) is 5.87. The number of nitrogens with zero attached hydrogens (tertiary/aromatic N) is 1. The Balaban J connectivity index is 2.68. The quantitative estimate of drug-likeness (QED) is 0.392. The van der Waals surface area contributed by atoms with Crippen molar-refractivity contribution in [1.29, 1.82) is 0 Å². The van der Waals surface area contributed by atoms with Crippen molar-refractivity contribution in [3.05, 3.63) is 23.8 Å². The molecule has 6 nitrogen and oxygen atoms in total. The van der Waals surface area contributed by atoms with Crippen LogP contribution in [0.5, 0.6) is 11.5 Å². The third-order valence-electron chi connectivity index (χ3n) is 3.03. The van der Waals surface area contributed by atoms with Gasteiger partial charge in [-0.05, 0) is 38.5 Å². The highest BCUT2D eigenvalue weighted by molar-refractivity contribution is 5.79. The largest absolute Gasteiger partial charge is 0.493 e. The van der Waals surface area contributed by atoms with E-state index in [1.165, 1.54) is 0 Å². The minimum Gasteiger partial charge on any atom is -0.493 e. The first-order valence-corrected chi connectivity index (χ1v) is 8.14. The summed E-state index contributed by atoms with van der Waals surface area (Å²) in [4.78, 5) is 4.58. The van der Waals surface area contributed by atoms with Crippen molar-refractivity contribution < 1.29 is 14.2 Å². The molecule has 130 valence electrons. The van der Waals surface area contributed by atoms with Crippen LogP contribution in [0.15, 0.2) is 23.2 Å². The third-order valence-corrected chi connectivity index (χ3v) is 3.03. The van der Waals surface area contributed by atoms with Crippen LogP contribution in [0, 0.1) is 0 Å². The number of benzene rings is 1. The molecule has 0 heterocycles. The first-order chi connectivity index (χ1) is 11.2. The monoisotopic (exact) mass is 323 g/mol. The Morgan fingerprint density at radius 3 is 2.57 bits per heavy atom. The van der Waals surface area contributed by atoms with Gasteiger partial charge in [0.2, 0.25) is 0 Å². The fourth-order valence-corrected chi connectivity index (χ4v) is 1.99. The van der Waals surface area contributed by atoms with Crippen molar-refractivity contribution in [3.8, 4) is 11.5 Å². The van der Waals surface area contributed by atoms with E-state index < -0.39 is 0 Å². The zero-order valence-corrected chi connectivity index (χ0v) is 14.6. The molecular formula is C17H29N3O3. The Morgan fingerprint density at radius 2 is 1.91 bits per heavy atom. The molecule has 2 N–H and O–H groups in total. The Morgan fingerprint density at radius 1 is 1.09 bits per heavy atom. The van der Waals surface area contributed by atoms with Crippen molar-refractivity contribution in [1.82, 2.24) is 10.6 Å². The molecule has 0 amide bonds. The van der Waals surface area contributed by atoms with Crippen molar-refractivity contribution in [2.24, 2.45) is 4.99 Å². The molecule has 23 heavy (non-hydrogen) atoms. The molecule has 0 saturated carbocycles. The van der Waals surface area contributed by atoms with Crippen LogP contribution in [-0.2, 0) is 11.3 Å². The van der Waals surface area contributed by atoms with Crippen molar-refractivity contribution >= 4 is 5.96 Å². The summed E-state index contributed by atoms with van der Waals surface area (Å²) in [5, 5.41) is 6.47. The minimum atomic E-state index is 0.564. The van der Waals surface area contributed by atoms with Crippen LogP contribution in [-0.4, -0.2) is 46.0 Å². The summed E-state index contributed by atoms with van der Waals surface area (Å²) in [5.41, 5.74) is 1.07. The lowest BCUT2D eigenvalue weighted by Gasteiger charge is -2.12. The van der Waals surface area contributed by atoms with Gasteiger partial charge in [-0.2, -0.15) is 0 Å². The molecule has 0 radical (unpaired) electrons. The maximum atomic E-state index is 5.59. The molecule has 1 rings (SSSR count). The molecule has 0 saturated heterocycles. The van der Waals surface area contributed by atoms with E-state index in [0.29, 0.717) is 19.8 Å². The summed E-state index contributed by atoms with van der Waals surface area (Å²) >= 11 is 0. The van der Waals surface area contributed by atoms with Gasteiger partial charge in [0.1, 0.15) is 0 Å².